The highest BCUT2D eigenvalue weighted by Gasteiger charge is 2.08. The molecule has 0 heterocycles. The van der Waals surface area contributed by atoms with Gasteiger partial charge in [0, 0.05) is 17.5 Å². The number of ether oxygens (including phenoxy) is 3. The molecule has 148 valence electrons. The van der Waals surface area contributed by atoms with Crippen molar-refractivity contribution in [2.45, 2.75) is 11.4 Å². The van der Waals surface area contributed by atoms with E-state index in [2.05, 4.69) is 5.32 Å². The summed E-state index contributed by atoms with van der Waals surface area (Å²) in [5, 5.41) is 2.69. The molecule has 0 fully saturated rings. The smallest absolute Gasteiger partial charge is 0.331 e. The molecule has 7 heteroatoms. The number of thioether (sulfide) groups is 1. The van der Waals surface area contributed by atoms with Crippen LogP contribution in [0.15, 0.2) is 53.4 Å². The average molecular weight is 401 g/mol. The van der Waals surface area contributed by atoms with Crippen LogP contribution in [0.2, 0.25) is 0 Å². The highest BCUT2D eigenvalue weighted by Crippen LogP contribution is 2.27. The molecule has 0 bridgehead atoms. The van der Waals surface area contributed by atoms with E-state index in [1.807, 2.05) is 36.6 Å². The van der Waals surface area contributed by atoms with Crippen molar-refractivity contribution in [3.05, 3.63) is 59.7 Å². The summed E-state index contributed by atoms with van der Waals surface area (Å²) in [6.45, 7) is -0.0593. The lowest BCUT2D eigenvalue weighted by molar-refractivity contribution is -0.143. The lowest BCUT2D eigenvalue weighted by Crippen LogP contribution is -2.28. The predicted molar refractivity (Wildman–Crippen MR) is 110 cm³/mol. The molecule has 2 rings (SSSR count). The monoisotopic (exact) mass is 401 g/mol. The number of carbonyl (C=O) groups is 2. The van der Waals surface area contributed by atoms with Gasteiger partial charge in [-0.3, -0.25) is 4.79 Å². The molecule has 0 saturated carbocycles. The number of carbonyl (C=O) groups excluding carboxylic acids is 2. The van der Waals surface area contributed by atoms with Crippen LogP contribution >= 0.6 is 11.8 Å². The zero-order chi connectivity index (χ0) is 20.4. The molecule has 1 amide bonds. The molecule has 0 spiro atoms. The minimum absolute atomic E-state index is 0.286. The van der Waals surface area contributed by atoms with Gasteiger partial charge in [0.05, 0.1) is 14.2 Å². The van der Waals surface area contributed by atoms with Gasteiger partial charge in [0.1, 0.15) is 0 Å². The van der Waals surface area contributed by atoms with Crippen molar-refractivity contribution in [1.29, 1.82) is 0 Å². The van der Waals surface area contributed by atoms with Crippen LogP contribution < -0.4 is 14.8 Å². The van der Waals surface area contributed by atoms with Gasteiger partial charge >= 0.3 is 5.97 Å². The fourth-order valence-corrected chi connectivity index (χ4v) is 2.71. The molecular formula is C21H23NO5S. The van der Waals surface area contributed by atoms with E-state index in [0.717, 1.165) is 16.0 Å². The molecule has 0 aromatic heterocycles. The minimum atomic E-state index is -0.574. The molecular weight excluding hydrogens is 378 g/mol. The summed E-state index contributed by atoms with van der Waals surface area (Å²) >= 11 is 1.65. The SMILES string of the molecule is COc1ccc(CNC(=O)COC(=O)/C=C/c2ccc(SC)cc2)cc1OC. The molecule has 0 saturated heterocycles. The number of amides is 1. The first kappa shape index (κ1) is 21.4. The van der Waals surface area contributed by atoms with Gasteiger partial charge in [0.15, 0.2) is 18.1 Å². The topological polar surface area (TPSA) is 73.9 Å². The Morgan fingerprint density at radius 1 is 1.04 bits per heavy atom. The van der Waals surface area contributed by atoms with Crippen molar-refractivity contribution in [3.63, 3.8) is 0 Å². The van der Waals surface area contributed by atoms with E-state index in [4.69, 9.17) is 14.2 Å². The van der Waals surface area contributed by atoms with Crippen molar-refractivity contribution in [1.82, 2.24) is 5.32 Å². The number of rotatable bonds is 9. The predicted octanol–water partition coefficient (Wildman–Crippen LogP) is 3.30. The number of methoxy groups -OCH3 is 2. The second-order valence-electron chi connectivity index (χ2n) is 5.68. The fourth-order valence-electron chi connectivity index (χ4n) is 2.31. The Hall–Kier alpha value is -2.93. The van der Waals surface area contributed by atoms with Gasteiger partial charge in [0.25, 0.3) is 5.91 Å². The van der Waals surface area contributed by atoms with Crippen molar-refractivity contribution < 1.29 is 23.8 Å². The maximum absolute atomic E-state index is 11.9. The van der Waals surface area contributed by atoms with E-state index in [1.165, 1.54) is 6.08 Å². The molecule has 2 aromatic rings. The molecule has 0 aliphatic carbocycles. The highest BCUT2D eigenvalue weighted by atomic mass is 32.2. The van der Waals surface area contributed by atoms with Crippen molar-refractivity contribution in [3.8, 4) is 11.5 Å². The van der Waals surface area contributed by atoms with Crippen LogP contribution in [-0.4, -0.2) is 39.0 Å². The van der Waals surface area contributed by atoms with E-state index in [0.29, 0.717) is 11.5 Å². The van der Waals surface area contributed by atoms with Crippen LogP contribution in [0.25, 0.3) is 6.08 Å². The van der Waals surface area contributed by atoms with Crippen LogP contribution in [-0.2, 0) is 20.9 Å². The van der Waals surface area contributed by atoms with Crippen LogP contribution in [0.5, 0.6) is 11.5 Å². The summed E-state index contributed by atoms with van der Waals surface area (Å²) in [6.07, 6.45) is 4.95. The van der Waals surface area contributed by atoms with Crippen LogP contribution in [0.4, 0.5) is 0 Å². The average Bonchev–Trinajstić information content (AvgIpc) is 2.74. The Labute approximate surface area is 168 Å². The van der Waals surface area contributed by atoms with Gasteiger partial charge in [-0.1, -0.05) is 18.2 Å². The van der Waals surface area contributed by atoms with Gasteiger partial charge in [0.2, 0.25) is 0 Å². The number of esters is 1. The van der Waals surface area contributed by atoms with Gasteiger partial charge in [-0.05, 0) is 47.7 Å². The Morgan fingerprint density at radius 2 is 1.75 bits per heavy atom. The summed E-state index contributed by atoms with van der Waals surface area (Å²) in [6, 6.07) is 13.1. The molecule has 0 aliphatic rings. The molecule has 0 unspecified atom stereocenters. The second kappa shape index (κ2) is 11.0. The first-order valence-corrected chi connectivity index (χ1v) is 9.74. The highest BCUT2D eigenvalue weighted by molar-refractivity contribution is 7.98. The normalized spacial score (nSPS) is 10.5. The van der Waals surface area contributed by atoms with Gasteiger partial charge < -0.3 is 19.5 Å². The fraction of sp³-hybridized carbons (Fsp3) is 0.238. The molecule has 0 atom stereocenters. The second-order valence-corrected chi connectivity index (χ2v) is 6.56. The third-order valence-corrected chi connectivity index (χ3v) is 4.55. The van der Waals surface area contributed by atoms with E-state index in [1.54, 1.807) is 44.2 Å². The zero-order valence-electron chi connectivity index (χ0n) is 16.1. The lowest BCUT2D eigenvalue weighted by Gasteiger charge is -2.10. The Kier molecular flexibility index (Phi) is 8.42. The van der Waals surface area contributed by atoms with Crippen LogP contribution in [0.3, 0.4) is 0 Å². The first-order valence-electron chi connectivity index (χ1n) is 8.52. The number of nitrogens with one attached hydrogen (secondary N) is 1. The summed E-state index contributed by atoms with van der Waals surface area (Å²) < 4.78 is 15.3. The first-order chi connectivity index (χ1) is 13.5. The molecule has 0 aliphatic heterocycles. The van der Waals surface area contributed by atoms with Crippen LogP contribution in [0.1, 0.15) is 11.1 Å². The maximum atomic E-state index is 11.9. The summed E-state index contributed by atoms with van der Waals surface area (Å²) in [4.78, 5) is 24.8. The third-order valence-electron chi connectivity index (χ3n) is 3.81. The minimum Gasteiger partial charge on any atom is -0.493 e. The Bertz CT molecular complexity index is 833. The standard InChI is InChI=1S/C21H23NO5S/c1-25-18-10-6-16(12-19(18)26-2)13-22-20(23)14-27-21(24)11-7-15-4-8-17(28-3)9-5-15/h4-12H,13-14H2,1-3H3,(H,22,23)/b11-7+. The van der Waals surface area contributed by atoms with E-state index >= 15 is 0 Å². The van der Waals surface area contributed by atoms with E-state index in [-0.39, 0.29) is 19.1 Å². The molecule has 2 aromatic carbocycles. The molecule has 1 N–H and O–H groups in total. The van der Waals surface area contributed by atoms with Crippen molar-refractivity contribution in [2.75, 3.05) is 27.1 Å². The van der Waals surface area contributed by atoms with E-state index in [9.17, 15) is 9.59 Å². The summed E-state index contributed by atoms with van der Waals surface area (Å²) in [5.74, 6) is 0.230. The largest absolute Gasteiger partial charge is 0.493 e. The zero-order valence-corrected chi connectivity index (χ0v) is 16.9. The Balaban J connectivity index is 1.77. The van der Waals surface area contributed by atoms with Crippen LogP contribution in [0, 0.1) is 0 Å². The van der Waals surface area contributed by atoms with Gasteiger partial charge in [-0.15, -0.1) is 11.8 Å². The molecule has 0 radical (unpaired) electrons. The van der Waals surface area contributed by atoms with Gasteiger partial charge in [-0.2, -0.15) is 0 Å². The summed E-state index contributed by atoms with van der Waals surface area (Å²) in [5.41, 5.74) is 1.72. The Morgan fingerprint density at radius 3 is 2.39 bits per heavy atom. The van der Waals surface area contributed by atoms with E-state index < -0.39 is 5.97 Å². The summed E-state index contributed by atoms with van der Waals surface area (Å²) in [7, 11) is 3.10. The van der Waals surface area contributed by atoms with Crippen molar-refractivity contribution in [2.24, 2.45) is 0 Å². The number of hydrogen-bond donors (Lipinski definition) is 1. The number of hydrogen-bond acceptors (Lipinski definition) is 6. The molecule has 28 heavy (non-hydrogen) atoms. The van der Waals surface area contributed by atoms with Gasteiger partial charge in [-0.25, -0.2) is 4.79 Å². The maximum Gasteiger partial charge on any atom is 0.331 e. The number of benzene rings is 2. The third kappa shape index (κ3) is 6.66. The quantitative estimate of drug-likeness (QED) is 0.395. The molecule has 6 nitrogen and oxygen atoms in total. The lowest BCUT2D eigenvalue weighted by atomic mass is 10.2. The van der Waals surface area contributed by atoms with Crippen molar-refractivity contribution >= 4 is 29.7 Å².